The molecule has 0 fully saturated rings. The smallest absolute Gasteiger partial charge is 0.262 e. The van der Waals surface area contributed by atoms with Gasteiger partial charge in [-0.1, -0.05) is 23.8 Å². The highest BCUT2D eigenvalue weighted by molar-refractivity contribution is 7.90. The first-order valence-corrected chi connectivity index (χ1v) is 8.95. The zero-order chi connectivity index (χ0) is 17.0. The van der Waals surface area contributed by atoms with Crippen LogP contribution in [0.3, 0.4) is 0 Å². The molecule has 5 nitrogen and oxygen atoms in total. The summed E-state index contributed by atoms with van der Waals surface area (Å²) in [5.74, 6) is 0.256. The topological polar surface area (TPSA) is 72.5 Å². The third-order valence-corrected chi connectivity index (χ3v) is 4.41. The standard InChI is InChI=1S/C17H19NO4S/c1-12-4-7-14(8-5-12)22-11-17(19)18-16-10-15(23(3,20)21)9-6-13(16)2/h4-10H,11H2,1-3H3,(H,18,19). The Morgan fingerprint density at radius 3 is 2.35 bits per heavy atom. The summed E-state index contributed by atoms with van der Waals surface area (Å²) in [4.78, 5) is 12.1. The maximum Gasteiger partial charge on any atom is 0.262 e. The van der Waals surface area contributed by atoms with Crippen LogP contribution in [0.25, 0.3) is 0 Å². The molecule has 0 bridgehead atoms. The Kier molecular flexibility index (Phi) is 5.05. The largest absolute Gasteiger partial charge is 0.484 e. The number of rotatable bonds is 5. The van der Waals surface area contributed by atoms with Crippen LogP contribution in [0, 0.1) is 13.8 Å². The quantitative estimate of drug-likeness (QED) is 0.913. The number of benzene rings is 2. The Bertz CT molecular complexity index is 811. The first-order valence-electron chi connectivity index (χ1n) is 7.06. The molecule has 0 atom stereocenters. The average molecular weight is 333 g/mol. The summed E-state index contributed by atoms with van der Waals surface area (Å²) < 4.78 is 28.6. The van der Waals surface area contributed by atoms with Gasteiger partial charge in [-0.2, -0.15) is 0 Å². The zero-order valence-corrected chi connectivity index (χ0v) is 14.1. The third-order valence-electron chi connectivity index (χ3n) is 3.30. The van der Waals surface area contributed by atoms with Crippen LogP contribution in [0.4, 0.5) is 5.69 Å². The van der Waals surface area contributed by atoms with Crippen molar-refractivity contribution in [2.75, 3.05) is 18.2 Å². The fourth-order valence-corrected chi connectivity index (χ4v) is 2.58. The number of hydrogen-bond donors (Lipinski definition) is 1. The van der Waals surface area contributed by atoms with Crippen LogP contribution in [-0.2, 0) is 14.6 Å². The predicted molar refractivity (Wildman–Crippen MR) is 89.6 cm³/mol. The van der Waals surface area contributed by atoms with Gasteiger partial charge in [-0.3, -0.25) is 4.79 Å². The molecule has 0 spiro atoms. The van der Waals surface area contributed by atoms with E-state index in [0.717, 1.165) is 17.4 Å². The summed E-state index contributed by atoms with van der Waals surface area (Å²) in [6.07, 6.45) is 1.13. The van der Waals surface area contributed by atoms with Gasteiger partial charge in [-0.25, -0.2) is 8.42 Å². The Morgan fingerprint density at radius 2 is 1.74 bits per heavy atom. The van der Waals surface area contributed by atoms with Crippen molar-refractivity contribution < 1.29 is 17.9 Å². The van der Waals surface area contributed by atoms with E-state index in [1.807, 2.05) is 19.1 Å². The molecule has 0 unspecified atom stereocenters. The minimum atomic E-state index is -3.32. The third kappa shape index (κ3) is 4.82. The maximum atomic E-state index is 12.0. The van der Waals surface area contributed by atoms with E-state index >= 15 is 0 Å². The van der Waals surface area contributed by atoms with Gasteiger partial charge in [-0.15, -0.1) is 0 Å². The first kappa shape index (κ1) is 17.0. The molecule has 0 aromatic heterocycles. The molecule has 0 saturated heterocycles. The highest BCUT2D eigenvalue weighted by Gasteiger charge is 2.11. The Hall–Kier alpha value is -2.34. The number of ether oxygens (including phenoxy) is 1. The normalized spacial score (nSPS) is 11.1. The van der Waals surface area contributed by atoms with Crippen molar-refractivity contribution in [1.82, 2.24) is 0 Å². The van der Waals surface area contributed by atoms with Gasteiger partial charge in [-0.05, 0) is 43.7 Å². The van der Waals surface area contributed by atoms with E-state index in [9.17, 15) is 13.2 Å². The summed E-state index contributed by atoms with van der Waals surface area (Å²) in [5, 5.41) is 2.68. The lowest BCUT2D eigenvalue weighted by Gasteiger charge is -2.11. The number of carbonyl (C=O) groups is 1. The second-order valence-electron chi connectivity index (χ2n) is 5.40. The summed E-state index contributed by atoms with van der Waals surface area (Å²) in [5.41, 5.74) is 2.35. The Morgan fingerprint density at radius 1 is 1.09 bits per heavy atom. The Labute approximate surface area is 136 Å². The zero-order valence-electron chi connectivity index (χ0n) is 13.3. The van der Waals surface area contributed by atoms with Crippen molar-refractivity contribution in [3.63, 3.8) is 0 Å². The highest BCUT2D eigenvalue weighted by Crippen LogP contribution is 2.20. The van der Waals surface area contributed by atoms with Gasteiger partial charge in [0.05, 0.1) is 4.90 Å². The van der Waals surface area contributed by atoms with E-state index < -0.39 is 9.84 Å². The number of anilines is 1. The second-order valence-corrected chi connectivity index (χ2v) is 7.41. The molecule has 0 aliphatic rings. The number of carbonyl (C=O) groups excluding carboxylic acids is 1. The molecule has 2 rings (SSSR count). The molecule has 0 heterocycles. The number of amides is 1. The van der Waals surface area contributed by atoms with Crippen molar-refractivity contribution in [2.45, 2.75) is 18.7 Å². The van der Waals surface area contributed by atoms with Crippen LogP contribution in [-0.4, -0.2) is 27.2 Å². The van der Waals surface area contributed by atoms with E-state index in [1.54, 1.807) is 25.1 Å². The molecule has 23 heavy (non-hydrogen) atoms. The van der Waals surface area contributed by atoms with Crippen molar-refractivity contribution >= 4 is 21.4 Å². The number of nitrogens with one attached hydrogen (secondary N) is 1. The molecule has 1 N–H and O–H groups in total. The molecule has 1 amide bonds. The highest BCUT2D eigenvalue weighted by atomic mass is 32.2. The minimum absolute atomic E-state index is 0.147. The summed E-state index contributed by atoms with van der Waals surface area (Å²) in [6.45, 7) is 3.61. The maximum absolute atomic E-state index is 12.0. The van der Waals surface area contributed by atoms with Crippen LogP contribution in [0.5, 0.6) is 5.75 Å². The van der Waals surface area contributed by atoms with E-state index in [-0.39, 0.29) is 17.4 Å². The van der Waals surface area contributed by atoms with E-state index in [4.69, 9.17) is 4.74 Å². The molecule has 2 aromatic carbocycles. The van der Waals surface area contributed by atoms with Gasteiger partial charge in [0.25, 0.3) is 5.91 Å². The van der Waals surface area contributed by atoms with E-state index in [2.05, 4.69) is 5.32 Å². The molecule has 2 aromatic rings. The van der Waals surface area contributed by atoms with Crippen LogP contribution in [0.2, 0.25) is 0 Å². The van der Waals surface area contributed by atoms with Crippen LogP contribution >= 0.6 is 0 Å². The summed E-state index contributed by atoms with van der Waals surface area (Å²) in [7, 11) is -3.32. The van der Waals surface area contributed by atoms with Gasteiger partial charge < -0.3 is 10.1 Å². The molecule has 6 heteroatoms. The van der Waals surface area contributed by atoms with Crippen LogP contribution in [0.1, 0.15) is 11.1 Å². The van der Waals surface area contributed by atoms with Gasteiger partial charge in [0.1, 0.15) is 5.75 Å². The summed E-state index contributed by atoms with van der Waals surface area (Å²) in [6, 6.07) is 12.0. The molecular formula is C17H19NO4S. The number of sulfone groups is 1. The van der Waals surface area contributed by atoms with E-state index in [1.165, 1.54) is 12.1 Å². The van der Waals surface area contributed by atoms with Gasteiger partial charge in [0.15, 0.2) is 16.4 Å². The van der Waals surface area contributed by atoms with Crippen molar-refractivity contribution in [2.24, 2.45) is 0 Å². The fourth-order valence-electron chi connectivity index (χ4n) is 1.94. The molecule has 122 valence electrons. The monoisotopic (exact) mass is 333 g/mol. The van der Waals surface area contributed by atoms with Crippen molar-refractivity contribution in [1.29, 1.82) is 0 Å². The van der Waals surface area contributed by atoms with Gasteiger partial charge >= 0.3 is 0 Å². The van der Waals surface area contributed by atoms with Crippen molar-refractivity contribution in [3.05, 3.63) is 53.6 Å². The van der Waals surface area contributed by atoms with Crippen molar-refractivity contribution in [3.8, 4) is 5.75 Å². The lowest BCUT2D eigenvalue weighted by molar-refractivity contribution is -0.118. The molecular weight excluding hydrogens is 314 g/mol. The lowest BCUT2D eigenvalue weighted by Crippen LogP contribution is -2.20. The first-order chi connectivity index (χ1) is 10.8. The average Bonchev–Trinajstić information content (AvgIpc) is 2.48. The Balaban J connectivity index is 2.04. The van der Waals surface area contributed by atoms with Crippen LogP contribution < -0.4 is 10.1 Å². The van der Waals surface area contributed by atoms with Gasteiger partial charge in [0.2, 0.25) is 0 Å². The minimum Gasteiger partial charge on any atom is -0.484 e. The molecule has 0 saturated carbocycles. The second kappa shape index (κ2) is 6.83. The molecule has 0 aliphatic heterocycles. The predicted octanol–water partition coefficient (Wildman–Crippen LogP) is 2.72. The lowest BCUT2D eigenvalue weighted by atomic mass is 10.2. The SMILES string of the molecule is Cc1ccc(OCC(=O)Nc2cc(S(C)(=O)=O)ccc2C)cc1. The number of hydrogen-bond acceptors (Lipinski definition) is 4. The summed E-state index contributed by atoms with van der Waals surface area (Å²) >= 11 is 0. The molecule has 0 aliphatic carbocycles. The fraction of sp³-hybridized carbons (Fsp3) is 0.235. The molecule has 0 radical (unpaired) electrons. The van der Waals surface area contributed by atoms with Gasteiger partial charge in [0, 0.05) is 11.9 Å². The number of aryl methyl sites for hydroxylation is 2. The van der Waals surface area contributed by atoms with E-state index in [0.29, 0.717) is 11.4 Å². The van der Waals surface area contributed by atoms with Crippen LogP contribution in [0.15, 0.2) is 47.4 Å².